The van der Waals surface area contributed by atoms with E-state index in [1.807, 2.05) is 20.8 Å². The molecule has 0 spiro atoms. The van der Waals surface area contributed by atoms with Crippen molar-refractivity contribution in [3.05, 3.63) is 0 Å². The van der Waals surface area contributed by atoms with Crippen LogP contribution in [0.2, 0.25) is 0 Å². The van der Waals surface area contributed by atoms with Gasteiger partial charge in [0.25, 0.3) is 0 Å². The van der Waals surface area contributed by atoms with E-state index in [1.54, 1.807) is 4.90 Å². The van der Waals surface area contributed by atoms with Crippen LogP contribution in [0.15, 0.2) is 0 Å². The molecule has 3 N–H and O–H groups in total. The zero-order chi connectivity index (χ0) is 15.8. The summed E-state index contributed by atoms with van der Waals surface area (Å²) in [6, 6.07) is 0.111. The van der Waals surface area contributed by atoms with Gasteiger partial charge in [-0.15, -0.1) is 0 Å². The number of ether oxygens (including phenoxy) is 1. The van der Waals surface area contributed by atoms with E-state index >= 15 is 0 Å². The summed E-state index contributed by atoms with van der Waals surface area (Å²) in [7, 11) is 0. The minimum Gasteiger partial charge on any atom is -0.481 e. The Morgan fingerprint density at radius 2 is 1.76 bits per heavy atom. The molecule has 1 saturated carbocycles. The van der Waals surface area contributed by atoms with Crippen LogP contribution in [0.4, 0.5) is 4.79 Å². The standard InChI is InChI=1S/C15H26N2O4/c1-14(2,3)21-13(20)17-8-10(9-17)15(12(18)19)6-4-11(16)5-7-15/h10-11H,4-9,16H2,1-3H3,(H,18,19). The zero-order valence-corrected chi connectivity index (χ0v) is 13.1. The number of carboxylic acids is 1. The molecular formula is C15H26N2O4. The van der Waals surface area contributed by atoms with E-state index < -0.39 is 17.0 Å². The summed E-state index contributed by atoms with van der Waals surface area (Å²) in [5, 5.41) is 9.65. The average molecular weight is 298 g/mol. The Bertz CT molecular complexity index is 416. The Labute approximate surface area is 125 Å². The third kappa shape index (κ3) is 3.31. The van der Waals surface area contributed by atoms with Crippen LogP contribution in [0, 0.1) is 11.3 Å². The first-order valence-corrected chi connectivity index (χ1v) is 7.61. The SMILES string of the molecule is CC(C)(C)OC(=O)N1CC(C2(C(=O)O)CCC(N)CC2)C1. The van der Waals surface area contributed by atoms with Gasteiger partial charge in [0.1, 0.15) is 5.60 Å². The van der Waals surface area contributed by atoms with Crippen LogP contribution >= 0.6 is 0 Å². The summed E-state index contributed by atoms with van der Waals surface area (Å²) < 4.78 is 5.31. The molecule has 0 aromatic rings. The fourth-order valence-electron chi connectivity index (χ4n) is 3.26. The fourth-order valence-corrected chi connectivity index (χ4v) is 3.26. The molecule has 1 aliphatic heterocycles. The van der Waals surface area contributed by atoms with Gasteiger partial charge >= 0.3 is 12.1 Å². The molecule has 0 aromatic heterocycles. The van der Waals surface area contributed by atoms with Gasteiger partial charge in [-0.3, -0.25) is 4.79 Å². The molecule has 21 heavy (non-hydrogen) atoms. The van der Waals surface area contributed by atoms with Gasteiger partial charge in [0.2, 0.25) is 0 Å². The Morgan fingerprint density at radius 3 is 2.19 bits per heavy atom. The monoisotopic (exact) mass is 298 g/mol. The lowest BCUT2D eigenvalue weighted by molar-refractivity contribution is -0.161. The third-order valence-electron chi connectivity index (χ3n) is 4.66. The van der Waals surface area contributed by atoms with Crippen LogP contribution in [-0.2, 0) is 9.53 Å². The molecule has 1 saturated heterocycles. The van der Waals surface area contributed by atoms with Crippen molar-refractivity contribution in [2.75, 3.05) is 13.1 Å². The number of nitrogens with two attached hydrogens (primary N) is 1. The van der Waals surface area contributed by atoms with Crippen molar-refractivity contribution in [3.63, 3.8) is 0 Å². The molecule has 2 rings (SSSR count). The number of aliphatic carboxylic acids is 1. The number of hydrogen-bond acceptors (Lipinski definition) is 4. The molecule has 0 atom stereocenters. The second-order valence-electron chi connectivity index (χ2n) is 7.38. The van der Waals surface area contributed by atoms with Gasteiger partial charge in [-0.05, 0) is 46.5 Å². The van der Waals surface area contributed by atoms with Crippen molar-refractivity contribution in [2.45, 2.75) is 58.1 Å². The van der Waals surface area contributed by atoms with Crippen molar-refractivity contribution >= 4 is 12.1 Å². The summed E-state index contributed by atoms with van der Waals surface area (Å²) >= 11 is 0. The molecule has 0 unspecified atom stereocenters. The third-order valence-corrected chi connectivity index (χ3v) is 4.66. The van der Waals surface area contributed by atoms with Gasteiger partial charge < -0.3 is 20.5 Å². The topological polar surface area (TPSA) is 92.9 Å². The normalized spacial score (nSPS) is 30.7. The molecule has 120 valence electrons. The predicted octanol–water partition coefficient (Wildman–Crippen LogP) is 1.83. The van der Waals surface area contributed by atoms with Gasteiger partial charge in [0, 0.05) is 25.0 Å². The van der Waals surface area contributed by atoms with E-state index in [2.05, 4.69) is 0 Å². The first kappa shape index (κ1) is 16.1. The Hall–Kier alpha value is -1.30. The molecule has 6 nitrogen and oxygen atoms in total. The summed E-state index contributed by atoms with van der Waals surface area (Å²) in [5.41, 5.74) is 4.65. The second-order valence-corrected chi connectivity index (χ2v) is 7.38. The highest BCUT2D eigenvalue weighted by Crippen LogP contribution is 2.46. The number of carbonyl (C=O) groups excluding carboxylic acids is 1. The van der Waals surface area contributed by atoms with Crippen LogP contribution in [-0.4, -0.2) is 46.8 Å². The van der Waals surface area contributed by atoms with E-state index in [-0.39, 0.29) is 18.1 Å². The number of nitrogens with zero attached hydrogens (tertiary/aromatic N) is 1. The lowest BCUT2D eigenvalue weighted by Crippen LogP contribution is -2.60. The summed E-state index contributed by atoms with van der Waals surface area (Å²) in [6.07, 6.45) is 2.35. The molecule has 1 aliphatic carbocycles. The van der Waals surface area contributed by atoms with Crippen molar-refractivity contribution < 1.29 is 19.4 Å². The Kier molecular flexibility index (Phi) is 4.19. The van der Waals surface area contributed by atoms with Gasteiger partial charge in [0.05, 0.1) is 5.41 Å². The first-order valence-electron chi connectivity index (χ1n) is 7.61. The summed E-state index contributed by atoms with van der Waals surface area (Å²) in [5.74, 6) is -0.738. The van der Waals surface area contributed by atoms with Crippen molar-refractivity contribution in [1.29, 1.82) is 0 Å². The predicted molar refractivity (Wildman–Crippen MR) is 77.8 cm³/mol. The number of carbonyl (C=O) groups is 2. The number of carboxylic acid groups (broad SMARTS) is 1. The quantitative estimate of drug-likeness (QED) is 0.811. The molecule has 6 heteroatoms. The maximum absolute atomic E-state index is 11.9. The first-order chi connectivity index (χ1) is 9.64. The van der Waals surface area contributed by atoms with Crippen LogP contribution in [0.1, 0.15) is 46.5 Å². The van der Waals surface area contributed by atoms with Crippen LogP contribution < -0.4 is 5.73 Å². The smallest absolute Gasteiger partial charge is 0.410 e. The molecule has 0 bridgehead atoms. The van der Waals surface area contributed by atoms with E-state index in [0.717, 1.165) is 12.8 Å². The molecule has 1 amide bonds. The van der Waals surface area contributed by atoms with Crippen LogP contribution in [0.3, 0.4) is 0 Å². The minimum absolute atomic E-state index is 0.00928. The van der Waals surface area contributed by atoms with E-state index in [9.17, 15) is 14.7 Å². The van der Waals surface area contributed by atoms with Gasteiger partial charge in [0.15, 0.2) is 0 Å². The second kappa shape index (κ2) is 5.48. The largest absolute Gasteiger partial charge is 0.481 e. The summed E-state index contributed by atoms with van der Waals surface area (Å²) in [6.45, 7) is 6.41. The van der Waals surface area contributed by atoms with Gasteiger partial charge in [-0.2, -0.15) is 0 Å². The van der Waals surface area contributed by atoms with E-state index in [4.69, 9.17) is 10.5 Å². The highest BCUT2D eigenvalue weighted by molar-refractivity contribution is 5.76. The lowest BCUT2D eigenvalue weighted by atomic mass is 9.62. The van der Waals surface area contributed by atoms with Crippen molar-refractivity contribution in [2.24, 2.45) is 17.1 Å². The molecule has 2 fully saturated rings. The fraction of sp³-hybridized carbons (Fsp3) is 0.867. The molecule has 2 aliphatic rings. The summed E-state index contributed by atoms with van der Waals surface area (Å²) in [4.78, 5) is 25.3. The highest BCUT2D eigenvalue weighted by atomic mass is 16.6. The molecule has 0 radical (unpaired) electrons. The average Bonchev–Trinajstić information content (AvgIpc) is 2.27. The highest BCUT2D eigenvalue weighted by Gasteiger charge is 2.53. The minimum atomic E-state index is -0.747. The molecular weight excluding hydrogens is 272 g/mol. The van der Waals surface area contributed by atoms with Crippen LogP contribution in [0.5, 0.6) is 0 Å². The van der Waals surface area contributed by atoms with Crippen molar-refractivity contribution in [3.8, 4) is 0 Å². The number of hydrogen-bond donors (Lipinski definition) is 2. The zero-order valence-electron chi connectivity index (χ0n) is 13.1. The number of rotatable bonds is 2. The van der Waals surface area contributed by atoms with Gasteiger partial charge in [-0.25, -0.2) is 4.79 Å². The Morgan fingerprint density at radius 1 is 1.24 bits per heavy atom. The Balaban J connectivity index is 1.95. The lowest BCUT2D eigenvalue weighted by Gasteiger charge is -2.50. The van der Waals surface area contributed by atoms with Gasteiger partial charge in [-0.1, -0.05) is 0 Å². The maximum Gasteiger partial charge on any atom is 0.410 e. The van der Waals surface area contributed by atoms with Crippen molar-refractivity contribution in [1.82, 2.24) is 4.90 Å². The number of likely N-dealkylation sites (tertiary alicyclic amines) is 1. The molecule has 0 aromatic carbocycles. The van der Waals surface area contributed by atoms with E-state index in [0.29, 0.717) is 25.9 Å². The number of amides is 1. The molecule has 1 heterocycles. The maximum atomic E-state index is 11.9. The van der Waals surface area contributed by atoms with Crippen LogP contribution in [0.25, 0.3) is 0 Å². The van der Waals surface area contributed by atoms with E-state index in [1.165, 1.54) is 0 Å².